The maximum Gasteiger partial charge on any atom is 0.0598 e. The summed E-state index contributed by atoms with van der Waals surface area (Å²) in [5.74, 6) is 0. The molecule has 1 heterocycles. The molecule has 2 aromatic carbocycles. The van der Waals surface area contributed by atoms with Gasteiger partial charge >= 0.3 is 0 Å². The van der Waals surface area contributed by atoms with Crippen LogP contribution in [0, 0.1) is 0 Å². The lowest BCUT2D eigenvalue weighted by Gasteiger charge is -2.34. The molecular formula is C17H17Cl2N3. The second-order valence-electron chi connectivity index (χ2n) is 5.19. The van der Waals surface area contributed by atoms with Crippen molar-refractivity contribution in [3.8, 4) is 0 Å². The molecule has 0 spiro atoms. The molecule has 3 nitrogen and oxygen atoms in total. The highest BCUT2D eigenvalue weighted by molar-refractivity contribution is 6.42. The molecule has 0 saturated carbocycles. The molecule has 0 bridgehead atoms. The molecule has 0 N–H and O–H groups in total. The van der Waals surface area contributed by atoms with Gasteiger partial charge in [-0.25, -0.2) is 0 Å². The monoisotopic (exact) mass is 333 g/mol. The van der Waals surface area contributed by atoms with Crippen molar-refractivity contribution in [3.63, 3.8) is 0 Å². The lowest BCUT2D eigenvalue weighted by molar-refractivity contribution is 0.272. The van der Waals surface area contributed by atoms with E-state index < -0.39 is 0 Å². The summed E-state index contributed by atoms with van der Waals surface area (Å²) in [6.45, 7) is 3.77. The molecule has 1 fully saturated rings. The number of benzene rings is 2. The Balaban J connectivity index is 1.57. The molecule has 1 aliphatic rings. The van der Waals surface area contributed by atoms with Gasteiger partial charge in [-0.05, 0) is 29.8 Å². The van der Waals surface area contributed by atoms with Crippen LogP contribution in [-0.4, -0.2) is 37.4 Å². The smallest absolute Gasteiger partial charge is 0.0598 e. The molecular weight excluding hydrogens is 317 g/mol. The Labute approximate surface area is 140 Å². The first-order chi connectivity index (χ1) is 10.7. The van der Waals surface area contributed by atoms with E-state index in [-0.39, 0.29) is 0 Å². The van der Waals surface area contributed by atoms with Crippen LogP contribution in [-0.2, 0) is 0 Å². The summed E-state index contributed by atoms with van der Waals surface area (Å²) in [5.41, 5.74) is 2.23. The van der Waals surface area contributed by atoms with E-state index in [9.17, 15) is 0 Å². The second-order valence-corrected chi connectivity index (χ2v) is 6.01. The van der Waals surface area contributed by atoms with Crippen LogP contribution < -0.4 is 4.90 Å². The quantitative estimate of drug-likeness (QED) is 0.786. The number of piperazine rings is 1. The topological polar surface area (TPSA) is 18.8 Å². The highest BCUT2D eigenvalue weighted by Gasteiger charge is 2.15. The van der Waals surface area contributed by atoms with Crippen molar-refractivity contribution in [3.05, 3.63) is 64.1 Å². The molecule has 2 aromatic rings. The first-order valence-electron chi connectivity index (χ1n) is 7.26. The van der Waals surface area contributed by atoms with Crippen molar-refractivity contribution < 1.29 is 0 Å². The van der Waals surface area contributed by atoms with Gasteiger partial charge in [-0.15, -0.1) is 0 Å². The van der Waals surface area contributed by atoms with Crippen LogP contribution in [0.25, 0.3) is 0 Å². The summed E-state index contributed by atoms with van der Waals surface area (Å²) < 4.78 is 0. The lowest BCUT2D eigenvalue weighted by Crippen LogP contribution is -2.44. The van der Waals surface area contributed by atoms with Crippen LogP contribution in [0.2, 0.25) is 10.0 Å². The third-order valence-electron chi connectivity index (χ3n) is 3.69. The highest BCUT2D eigenvalue weighted by atomic mass is 35.5. The summed E-state index contributed by atoms with van der Waals surface area (Å²) in [4.78, 5) is 2.38. The number of halogens is 2. The summed E-state index contributed by atoms with van der Waals surface area (Å²) >= 11 is 11.9. The first kappa shape index (κ1) is 15.2. The Hall–Kier alpha value is -1.71. The Morgan fingerprint density at radius 1 is 0.864 bits per heavy atom. The van der Waals surface area contributed by atoms with Crippen LogP contribution >= 0.6 is 23.2 Å². The zero-order chi connectivity index (χ0) is 15.4. The number of nitrogens with zero attached hydrogens (tertiary/aromatic N) is 3. The molecule has 1 saturated heterocycles. The van der Waals surface area contributed by atoms with Crippen LogP contribution in [0.4, 0.5) is 5.69 Å². The second kappa shape index (κ2) is 7.03. The number of rotatable bonds is 3. The van der Waals surface area contributed by atoms with Crippen LogP contribution in [0.15, 0.2) is 53.6 Å². The van der Waals surface area contributed by atoms with Gasteiger partial charge in [-0.1, -0.05) is 47.5 Å². The molecule has 0 aliphatic carbocycles. The zero-order valence-electron chi connectivity index (χ0n) is 12.1. The minimum atomic E-state index is 0.555. The number of hydrazone groups is 1. The normalized spacial score (nSPS) is 15.5. The SMILES string of the molecule is Clc1ccc(C=NN2CCN(c3ccccc3)CC2)cc1Cl. The van der Waals surface area contributed by atoms with E-state index >= 15 is 0 Å². The molecule has 1 aliphatic heterocycles. The molecule has 22 heavy (non-hydrogen) atoms. The van der Waals surface area contributed by atoms with Crippen molar-refractivity contribution in [1.82, 2.24) is 5.01 Å². The van der Waals surface area contributed by atoms with Gasteiger partial charge in [0.05, 0.1) is 29.3 Å². The van der Waals surface area contributed by atoms with Crippen molar-refractivity contribution in [2.24, 2.45) is 5.10 Å². The van der Waals surface area contributed by atoms with Gasteiger partial charge in [-0.2, -0.15) is 5.10 Å². The van der Waals surface area contributed by atoms with Crippen LogP contribution in [0.1, 0.15) is 5.56 Å². The van der Waals surface area contributed by atoms with E-state index in [2.05, 4.69) is 39.3 Å². The van der Waals surface area contributed by atoms with Gasteiger partial charge in [0.25, 0.3) is 0 Å². The lowest BCUT2D eigenvalue weighted by atomic mass is 10.2. The van der Waals surface area contributed by atoms with Gasteiger partial charge in [0.2, 0.25) is 0 Å². The fourth-order valence-corrected chi connectivity index (χ4v) is 2.76. The van der Waals surface area contributed by atoms with Gasteiger partial charge in [0.15, 0.2) is 0 Å². The van der Waals surface area contributed by atoms with E-state index in [1.54, 1.807) is 6.07 Å². The number of anilines is 1. The predicted octanol–water partition coefficient (Wildman–Crippen LogP) is 4.15. The molecule has 5 heteroatoms. The minimum absolute atomic E-state index is 0.555. The average molecular weight is 334 g/mol. The summed E-state index contributed by atoms with van der Waals surface area (Å²) in [7, 11) is 0. The van der Waals surface area contributed by atoms with Gasteiger partial charge in [0.1, 0.15) is 0 Å². The Morgan fingerprint density at radius 2 is 1.59 bits per heavy atom. The van der Waals surface area contributed by atoms with Gasteiger partial charge in [0, 0.05) is 18.8 Å². The average Bonchev–Trinajstić information content (AvgIpc) is 2.57. The van der Waals surface area contributed by atoms with E-state index in [1.165, 1.54) is 5.69 Å². The van der Waals surface area contributed by atoms with Gasteiger partial charge < -0.3 is 4.90 Å². The highest BCUT2D eigenvalue weighted by Crippen LogP contribution is 2.22. The summed E-state index contributed by atoms with van der Waals surface area (Å²) in [6.07, 6.45) is 1.83. The molecule has 114 valence electrons. The van der Waals surface area contributed by atoms with E-state index in [4.69, 9.17) is 23.2 Å². The standard InChI is InChI=1S/C17H17Cl2N3/c18-16-7-6-14(12-17(16)19)13-20-22-10-8-21(9-11-22)15-4-2-1-3-5-15/h1-7,12-13H,8-11H2. The Kier molecular flexibility index (Phi) is 4.86. The summed E-state index contributed by atoms with van der Waals surface area (Å²) in [6, 6.07) is 16.0. The number of hydrogen-bond donors (Lipinski definition) is 0. The largest absolute Gasteiger partial charge is 0.368 e. The molecule has 0 atom stereocenters. The minimum Gasteiger partial charge on any atom is -0.368 e. The maximum atomic E-state index is 6.01. The third-order valence-corrected chi connectivity index (χ3v) is 4.43. The number of hydrogen-bond acceptors (Lipinski definition) is 3. The molecule has 0 aromatic heterocycles. The molecule has 0 amide bonds. The fraction of sp³-hybridized carbons (Fsp3) is 0.235. The van der Waals surface area contributed by atoms with Crippen molar-refractivity contribution in [2.45, 2.75) is 0 Å². The zero-order valence-corrected chi connectivity index (χ0v) is 13.6. The van der Waals surface area contributed by atoms with Crippen LogP contribution in [0.5, 0.6) is 0 Å². The number of para-hydroxylation sites is 1. The Morgan fingerprint density at radius 3 is 2.27 bits per heavy atom. The van der Waals surface area contributed by atoms with E-state index in [0.717, 1.165) is 31.7 Å². The molecule has 3 rings (SSSR count). The molecule has 0 radical (unpaired) electrons. The Bertz CT molecular complexity index is 650. The fourth-order valence-electron chi connectivity index (χ4n) is 2.45. The maximum absolute atomic E-state index is 6.01. The van der Waals surface area contributed by atoms with Crippen molar-refractivity contribution in [2.75, 3.05) is 31.1 Å². The van der Waals surface area contributed by atoms with E-state index in [0.29, 0.717) is 10.0 Å². The molecule has 0 unspecified atom stereocenters. The van der Waals surface area contributed by atoms with Crippen molar-refractivity contribution in [1.29, 1.82) is 0 Å². The van der Waals surface area contributed by atoms with Gasteiger partial charge in [-0.3, -0.25) is 5.01 Å². The van der Waals surface area contributed by atoms with Crippen molar-refractivity contribution >= 4 is 35.1 Å². The van der Waals surface area contributed by atoms with E-state index in [1.807, 2.05) is 24.4 Å². The first-order valence-corrected chi connectivity index (χ1v) is 8.02. The van der Waals surface area contributed by atoms with Crippen LogP contribution in [0.3, 0.4) is 0 Å². The third kappa shape index (κ3) is 3.73. The summed E-state index contributed by atoms with van der Waals surface area (Å²) in [5, 5.41) is 7.74. The predicted molar refractivity (Wildman–Crippen MR) is 94.3 cm³/mol.